The fourth-order valence-corrected chi connectivity index (χ4v) is 2.41. The summed E-state index contributed by atoms with van der Waals surface area (Å²) >= 11 is 1.69. The zero-order valence-electron chi connectivity index (χ0n) is 9.00. The second-order valence-corrected chi connectivity index (χ2v) is 5.32. The molecule has 6 heteroatoms. The molecule has 1 unspecified atom stereocenters. The summed E-state index contributed by atoms with van der Waals surface area (Å²) in [5.74, 6) is 1.10. The first-order valence-corrected chi connectivity index (χ1v) is 5.98. The average Bonchev–Trinajstić information content (AvgIpc) is 2.50. The van der Waals surface area contributed by atoms with Gasteiger partial charge in [-0.1, -0.05) is 0 Å². The van der Waals surface area contributed by atoms with Crippen LogP contribution in [0, 0.1) is 0 Å². The molecule has 1 saturated heterocycles. The maximum absolute atomic E-state index is 11.7. The second kappa shape index (κ2) is 4.85. The Hall–Kier alpha value is -0.750. The Kier molecular flexibility index (Phi) is 3.98. The van der Waals surface area contributed by atoms with Gasteiger partial charge in [0.25, 0.3) is 0 Å². The van der Waals surface area contributed by atoms with E-state index in [4.69, 9.17) is 5.73 Å². The lowest BCUT2D eigenvalue weighted by molar-refractivity contribution is -0.125. The molecule has 0 aromatic rings. The third-order valence-electron chi connectivity index (χ3n) is 2.11. The van der Waals surface area contributed by atoms with Crippen molar-refractivity contribution in [3.05, 3.63) is 0 Å². The Morgan fingerprint density at radius 3 is 2.73 bits per heavy atom. The summed E-state index contributed by atoms with van der Waals surface area (Å²) < 4.78 is 0. The summed E-state index contributed by atoms with van der Waals surface area (Å²) in [7, 11) is 0. The van der Waals surface area contributed by atoms with Crippen LogP contribution in [0.25, 0.3) is 0 Å². The van der Waals surface area contributed by atoms with Crippen molar-refractivity contribution in [2.45, 2.75) is 31.8 Å². The topological polar surface area (TPSA) is 84.2 Å². The Morgan fingerprint density at radius 2 is 2.27 bits per heavy atom. The lowest BCUT2D eigenvalue weighted by Crippen LogP contribution is -2.52. The molecule has 86 valence electrons. The first-order valence-electron chi connectivity index (χ1n) is 4.82. The molecule has 0 aliphatic carbocycles. The molecule has 0 aromatic heterocycles. The Morgan fingerprint density at radius 1 is 1.60 bits per heavy atom. The highest BCUT2D eigenvalue weighted by Crippen LogP contribution is 2.12. The number of thioether (sulfide) groups is 1. The molecule has 1 fully saturated rings. The zero-order chi connectivity index (χ0) is 11.5. The van der Waals surface area contributed by atoms with Crippen molar-refractivity contribution in [1.29, 1.82) is 0 Å². The van der Waals surface area contributed by atoms with E-state index in [9.17, 15) is 9.59 Å². The summed E-state index contributed by atoms with van der Waals surface area (Å²) in [5, 5.41) is 5.88. The number of rotatable bonds is 4. The summed E-state index contributed by atoms with van der Waals surface area (Å²) in [6, 6.07) is -0.151. The molecule has 1 aliphatic rings. The van der Waals surface area contributed by atoms with Crippen molar-refractivity contribution >= 4 is 23.6 Å². The maximum atomic E-state index is 11.7. The molecule has 1 heterocycles. The molecule has 15 heavy (non-hydrogen) atoms. The number of carbonyl (C=O) groups excluding carboxylic acids is 2. The van der Waals surface area contributed by atoms with Crippen LogP contribution >= 0.6 is 11.8 Å². The molecular formula is C9H17N3O2S. The number of primary amides is 1. The minimum absolute atomic E-state index is 0.0637. The van der Waals surface area contributed by atoms with Gasteiger partial charge < -0.3 is 11.1 Å². The standard InChI is InChI=1S/C9H17N3O2S/c1-9(2,3-7(10)13)12-8(14)6-4-15-5-11-6/h6,11H,3-5H2,1-2H3,(H2,10,13)(H,12,14). The highest BCUT2D eigenvalue weighted by Gasteiger charge is 2.28. The van der Waals surface area contributed by atoms with Crippen molar-refractivity contribution in [3.63, 3.8) is 0 Å². The van der Waals surface area contributed by atoms with Crippen LogP contribution in [-0.2, 0) is 9.59 Å². The van der Waals surface area contributed by atoms with Gasteiger partial charge in [0.2, 0.25) is 11.8 Å². The lowest BCUT2D eigenvalue weighted by Gasteiger charge is -2.26. The average molecular weight is 231 g/mol. The number of hydrogen-bond acceptors (Lipinski definition) is 4. The quantitative estimate of drug-likeness (QED) is 0.604. The Bertz CT molecular complexity index is 262. The predicted octanol–water partition coefficient (Wildman–Crippen LogP) is -0.581. The van der Waals surface area contributed by atoms with E-state index in [2.05, 4.69) is 10.6 Å². The van der Waals surface area contributed by atoms with E-state index in [0.717, 1.165) is 11.6 Å². The van der Waals surface area contributed by atoms with Crippen LogP contribution in [0.1, 0.15) is 20.3 Å². The summed E-state index contributed by atoms with van der Waals surface area (Å²) in [5.41, 5.74) is 4.53. The van der Waals surface area contributed by atoms with Gasteiger partial charge in [-0.15, -0.1) is 11.8 Å². The van der Waals surface area contributed by atoms with Gasteiger partial charge in [0.1, 0.15) is 0 Å². The molecule has 0 saturated carbocycles. The van der Waals surface area contributed by atoms with Crippen LogP contribution in [0.4, 0.5) is 0 Å². The van der Waals surface area contributed by atoms with Crippen LogP contribution in [0.5, 0.6) is 0 Å². The van der Waals surface area contributed by atoms with Crippen LogP contribution < -0.4 is 16.4 Å². The highest BCUT2D eigenvalue weighted by atomic mass is 32.2. The van der Waals surface area contributed by atoms with Crippen LogP contribution in [0.2, 0.25) is 0 Å². The second-order valence-electron chi connectivity index (χ2n) is 4.29. The largest absolute Gasteiger partial charge is 0.370 e. The van der Waals surface area contributed by atoms with Crippen molar-refractivity contribution in [1.82, 2.24) is 10.6 Å². The van der Waals surface area contributed by atoms with E-state index in [0.29, 0.717) is 0 Å². The van der Waals surface area contributed by atoms with Gasteiger partial charge in [0.05, 0.1) is 6.04 Å². The highest BCUT2D eigenvalue weighted by molar-refractivity contribution is 7.99. The summed E-state index contributed by atoms with van der Waals surface area (Å²) in [4.78, 5) is 22.5. The maximum Gasteiger partial charge on any atom is 0.238 e. The molecule has 5 nitrogen and oxygen atoms in total. The number of hydrogen-bond donors (Lipinski definition) is 3. The number of nitrogens with two attached hydrogens (primary N) is 1. The third-order valence-corrected chi connectivity index (χ3v) is 3.05. The molecule has 1 aliphatic heterocycles. The summed E-state index contributed by atoms with van der Waals surface area (Å²) in [6.45, 7) is 3.58. The van der Waals surface area contributed by atoms with E-state index in [1.165, 1.54) is 0 Å². The fraction of sp³-hybridized carbons (Fsp3) is 0.778. The smallest absolute Gasteiger partial charge is 0.238 e. The van der Waals surface area contributed by atoms with Crippen LogP contribution in [0.15, 0.2) is 0 Å². The summed E-state index contributed by atoms with van der Waals surface area (Å²) in [6.07, 6.45) is 0.151. The van der Waals surface area contributed by atoms with Crippen molar-refractivity contribution in [2.75, 3.05) is 11.6 Å². The van der Waals surface area contributed by atoms with Crippen LogP contribution in [-0.4, -0.2) is 35.0 Å². The molecule has 0 bridgehead atoms. The molecule has 1 atom stereocenters. The van der Waals surface area contributed by atoms with E-state index >= 15 is 0 Å². The number of amides is 2. The number of carbonyl (C=O) groups is 2. The molecule has 0 spiro atoms. The van der Waals surface area contributed by atoms with Gasteiger partial charge in [0, 0.05) is 23.6 Å². The third kappa shape index (κ3) is 4.09. The van der Waals surface area contributed by atoms with Gasteiger partial charge >= 0.3 is 0 Å². The van der Waals surface area contributed by atoms with Gasteiger partial charge in [-0.25, -0.2) is 0 Å². The zero-order valence-corrected chi connectivity index (χ0v) is 9.82. The molecule has 0 radical (unpaired) electrons. The minimum atomic E-state index is -0.572. The van der Waals surface area contributed by atoms with Crippen LogP contribution in [0.3, 0.4) is 0 Å². The Labute approximate surface area is 93.5 Å². The van der Waals surface area contributed by atoms with Crippen molar-refractivity contribution in [3.8, 4) is 0 Å². The van der Waals surface area contributed by atoms with Crippen molar-refractivity contribution < 1.29 is 9.59 Å². The molecule has 4 N–H and O–H groups in total. The number of nitrogens with one attached hydrogen (secondary N) is 2. The first-order chi connectivity index (χ1) is 6.91. The predicted molar refractivity (Wildman–Crippen MR) is 60.3 cm³/mol. The van der Waals surface area contributed by atoms with E-state index in [1.54, 1.807) is 25.6 Å². The SMILES string of the molecule is CC(C)(CC(N)=O)NC(=O)C1CSCN1. The van der Waals surface area contributed by atoms with Gasteiger partial charge in [0.15, 0.2) is 0 Å². The van der Waals surface area contributed by atoms with Gasteiger partial charge in [-0.05, 0) is 13.8 Å². The Balaban J connectivity index is 2.44. The van der Waals surface area contributed by atoms with Gasteiger partial charge in [-0.2, -0.15) is 0 Å². The molecule has 1 rings (SSSR count). The normalized spacial score (nSPS) is 21.3. The van der Waals surface area contributed by atoms with E-state index < -0.39 is 11.4 Å². The van der Waals surface area contributed by atoms with E-state index in [1.807, 2.05) is 0 Å². The first kappa shape index (κ1) is 12.3. The minimum Gasteiger partial charge on any atom is -0.370 e. The fourth-order valence-electron chi connectivity index (χ4n) is 1.46. The van der Waals surface area contributed by atoms with Crippen molar-refractivity contribution in [2.24, 2.45) is 5.73 Å². The molecule has 0 aromatic carbocycles. The lowest BCUT2D eigenvalue weighted by atomic mass is 10.00. The van der Waals surface area contributed by atoms with E-state index in [-0.39, 0.29) is 18.4 Å². The molecular weight excluding hydrogens is 214 g/mol. The molecule has 2 amide bonds. The monoisotopic (exact) mass is 231 g/mol. The van der Waals surface area contributed by atoms with Gasteiger partial charge in [-0.3, -0.25) is 14.9 Å².